The molecule has 0 aliphatic carbocycles. The van der Waals surface area contributed by atoms with Gasteiger partial charge in [-0.1, -0.05) is 24.3 Å². The number of alkyl halides is 3. The molecule has 0 saturated carbocycles. The number of ether oxygens (including phenoxy) is 3. The third-order valence-electron chi connectivity index (χ3n) is 8.50. The van der Waals surface area contributed by atoms with Gasteiger partial charge in [-0.25, -0.2) is 9.78 Å². The van der Waals surface area contributed by atoms with Crippen molar-refractivity contribution in [2.45, 2.75) is 58.5 Å². The van der Waals surface area contributed by atoms with Gasteiger partial charge in [0, 0.05) is 37.9 Å². The number of halogens is 3. The van der Waals surface area contributed by atoms with Crippen molar-refractivity contribution in [2.75, 3.05) is 26.4 Å². The summed E-state index contributed by atoms with van der Waals surface area (Å²) in [5, 5.41) is 13.7. The molecule has 4 aromatic rings. The number of carbonyl (C=O) groups is 1. The molecule has 0 radical (unpaired) electrons. The van der Waals surface area contributed by atoms with Crippen molar-refractivity contribution in [2.24, 2.45) is 0 Å². The number of carboxylic acid groups (broad SMARTS) is 1. The highest BCUT2D eigenvalue weighted by atomic mass is 19.4. The van der Waals surface area contributed by atoms with Crippen molar-refractivity contribution >= 4 is 5.97 Å². The van der Waals surface area contributed by atoms with Gasteiger partial charge in [-0.05, 0) is 79.6 Å². The van der Waals surface area contributed by atoms with E-state index in [2.05, 4.69) is 10.00 Å². The van der Waals surface area contributed by atoms with E-state index < -0.39 is 17.7 Å². The molecule has 6 rings (SSSR count). The molecule has 0 atom stereocenters. The van der Waals surface area contributed by atoms with Crippen LogP contribution in [0.3, 0.4) is 0 Å². The molecule has 2 aliphatic heterocycles. The monoisotopic (exact) mass is 636 g/mol. The van der Waals surface area contributed by atoms with E-state index in [1.54, 1.807) is 25.1 Å². The van der Waals surface area contributed by atoms with Crippen molar-refractivity contribution in [3.8, 4) is 28.7 Å². The van der Waals surface area contributed by atoms with Gasteiger partial charge in [-0.2, -0.15) is 23.0 Å². The molecule has 242 valence electrons. The zero-order chi connectivity index (χ0) is 32.4. The van der Waals surface area contributed by atoms with Crippen LogP contribution in [0.1, 0.15) is 57.9 Å². The number of carboxylic acids is 1. The Labute approximate surface area is 264 Å². The minimum absolute atomic E-state index is 0.0594. The second-order valence-corrected chi connectivity index (χ2v) is 11.5. The number of benzene rings is 2. The number of aromatic carboxylic acids is 1. The third-order valence-corrected chi connectivity index (χ3v) is 8.50. The van der Waals surface area contributed by atoms with Crippen LogP contribution in [0.2, 0.25) is 0 Å². The fraction of sp³-hybridized carbons (Fsp3) is 0.382. The van der Waals surface area contributed by atoms with E-state index in [0.29, 0.717) is 65.7 Å². The smallest absolute Gasteiger partial charge is 0.416 e. The summed E-state index contributed by atoms with van der Waals surface area (Å²) in [6.07, 6.45) is -1.09. The first-order chi connectivity index (χ1) is 22.1. The van der Waals surface area contributed by atoms with Gasteiger partial charge in [-0.3, -0.25) is 4.90 Å². The average molecular weight is 637 g/mol. The molecule has 0 unspecified atom stereocenters. The lowest BCUT2D eigenvalue weighted by molar-refractivity contribution is -0.138. The van der Waals surface area contributed by atoms with Crippen molar-refractivity contribution in [3.63, 3.8) is 0 Å². The normalized spacial score (nSPS) is 15.8. The highest BCUT2D eigenvalue weighted by Gasteiger charge is 2.37. The molecule has 4 heterocycles. The molecule has 0 spiro atoms. The summed E-state index contributed by atoms with van der Waals surface area (Å²) >= 11 is 0. The first-order valence-electron chi connectivity index (χ1n) is 15.3. The number of rotatable bonds is 9. The molecule has 9 nitrogen and oxygen atoms in total. The van der Waals surface area contributed by atoms with Crippen molar-refractivity contribution in [1.82, 2.24) is 19.7 Å². The SMILES string of the molecule is CCOc1c(C(=O)O)cnn1-c1cccc(-c2cccc(C)c2OCc2cc3c(c(C(F)(F)F)c2)CN(C2CCOCC2)CC3)n1. The maximum Gasteiger partial charge on any atom is 0.416 e. The maximum absolute atomic E-state index is 14.4. The van der Waals surface area contributed by atoms with Crippen LogP contribution < -0.4 is 9.47 Å². The second-order valence-electron chi connectivity index (χ2n) is 11.5. The number of hydrogen-bond donors (Lipinski definition) is 1. The minimum atomic E-state index is -4.50. The molecule has 1 N–H and O–H groups in total. The fourth-order valence-electron chi connectivity index (χ4n) is 6.27. The zero-order valence-electron chi connectivity index (χ0n) is 25.6. The van der Waals surface area contributed by atoms with Gasteiger partial charge in [0.05, 0.1) is 24.1 Å². The third kappa shape index (κ3) is 6.45. The van der Waals surface area contributed by atoms with Crippen molar-refractivity contribution in [3.05, 3.63) is 88.1 Å². The van der Waals surface area contributed by atoms with E-state index in [0.717, 1.165) is 18.4 Å². The zero-order valence-corrected chi connectivity index (χ0v) is 25.6. The van der Waals surface area contributed by atoms with Crippen LogP contribution in [-0.4, -0.2) is 63.1 Å². The first-order valence-corrected chi connectivity index (χ1v) is 15.3. The quantitative estimate of drug-likeness (QED) is 0.223. The van der Waals surface area contributed by atoms with Crippen LogP contribution in [-0.2, 0) is 30.5 Å². The summed E-state index contributed by atoms with van der Waals surface area (Å²) in [6.45, 7) is 6.03. The predicted molar refractivity (Wildman–Crippen MR) is 163 cm³/mol. The van der Waals surface area contributed by atoms with Crippen LogP contribution in [0.5, 0.6) is 11.6 Å². The Hall–Kier alpha value is -4.42. The minimum Gasteiger partial charge on any atom is -0.488 e. The lowest BCUT2D eigenvalue weighted by Gasteiger charge is -2.38. The number of hydrogen-bond acceptors (Lipinski definition) is 7. The summed E-state index contributed by atoms with van der Waals surface area (Å²) in [6, 6.07) is 14.0. The van der Waals surface area contributed by atoms with Gasteiger partial charge in [0.25, 0.3) is 0 Å². The second kappa shape index (κ2) is 13.1. The van der Waals surface area contributed by atoms with E-state index >= 15 is 0 Å². The van der Waals surface area contributed by atoms with Gasteiger partial charge in [0.1, 0.15) is 17.9 Å². The van der Waals surface area contributed by atoms with Crippen LogP contribution in [0.25, 0.3) is 17.1 Å². The molecule has 2 aromatic heterocycles. The molecule has 1 fully saturated rings. The molecule has 1 saturated heterocycles. The van der Waals surface area contributed by atoms with Crippen LogP contribution >= 0.6 is 0 Å². The highest BCUT2D eigenvalue weighted by molar-refractivity contribution is 5.90. The lowest BCUT2D eigenvalue weighted by Crippen LogP contribution is -2.43. The fourth-order valence-corrected chi connectivity index (χ4v) is 6.27. The summed E-state index contributed by atoms with van der Waals surface area (Å²) in [4.78, 5) is 18.6. The Morgan fingerprint density at radius 1 is 1.11 bits per heavy atom. The first kappa shape index (κ1) is 31.6. The molecule has 0 bridgehead atoms. The van der Waals surface area contributed by atoms with Gasteiger partial charge < -0.3 is 19.3 Å². The lowest BCUT2D eigenvalue weighted by atomic mass is 9.90. The van der Waals surface area contributed by atoms with Crippen LogP contribution in [0.4, 0.5) is 13.2 Å². The molecular formula is C34H35F3N4O5. The standard InChI is InChI=1S/C34H35F3N4O5/c1-3-45-32-26(33(42)43)18-38-41(32)30-9-5-8-29(39-30)25-7-4-6-21(2)31(25)46-20-22-16-23-10-13-40(24-11-14-44-15-12-24)19-27(23)28(17-22)34(35,36)37/h4-9,16-18,24H,3,10-15,19-20H2,1-2H3,(H,42,43). The Kier molecular flexibility index (Phi) is 9.01. The molecule has 46 heavy (non-hydrogen) atoms. The highest BCUT2D eigenvalue weighted by Crippen LogP contribution is 2.39. The summed E-state index contributed by atoms with van der Waals surface area (Å²) in [7, 11) is 0. The summed E-state index contributed by atoms with van der Waals surface area (Å²) in [5.41, 5.74) is 2.74. The van der Waals surface area contributed by atoms with Crippen LogP contribution in [0.15, 0.2) is 54.7 Å². The van der Waals surface area contributed by atoms with Gasteiger partial charge >= 0.3 is 12.1 Å². The Morgan fingerprint density at radius 2 is 1.89 bits per heavy atom. The van der Waals surface area contributed by atoms with E-state index in [1.807, 2.05) is 31.2 Å². The van der Waals surface area contributed by atoms with Crippen molar-refractivity contribution < 1.29 is 37.3 Å². The number of aryl methyl sites for hydroxylation is 1. The number of fused-ring (bicyclic) bond motifs is 1. The number of para-hydroxylation sites is 1. The largest absolute Gasteiger partial charge is 0.488 e. The van der Waals surface area contributed by atoms with E-state index in [-0.39, 0.29) is 37.2 Å². The van der Waals surface area contributed by atoms with E-state index in [9.17, 15) is 23.1 Å². The summed E-state index contributed by atoms with van der Waals surface area (Å²) < 4.78 is 61.8. The van der Waals surface area contributed by atoms with E-state index in [1.165, 1.54) is 16.9 Å². The van der Waals surface area contributed by atoms with E-state index in [4.69, 9.17) is 19.2 Å². The van der Waals surface area contributed by atoms with Crippen LogP contribution in [0, 0.1) is 6.92 Å². The Morgan fingerprint density at radius 3 is 2.63 bits per heavy atom. The van der Waals surface area contributed by atoms with Gasteiger partial charge in [0.2, 0.25) is 5.88 Å². The molecular weight excluding hydrogens is 601 g/mol. The van der Waals surface area contributed by atoms with Gasteiger partial charge in [0.15, 0.2) is 5.82 Å². The number of pyridine rings is 1. The molecule has 2 aromatic carbocycles. The molecule has 2 aliphatic rings. The summed E-state index contributed by atoms with van der Waals surface area (Å²) in [5.74, 6) is -0.294. The predicted octanol–water partition coefficient (Wildman–Crippen LogP) is 6.47. The van der Waals surface area contributed by atoms with Gasteiger partial charge in [-0.15, -0.1) is 0 Å². The number of nitrogens with zero attached hydrogens (tertiary/aromatic N) is 4. The Balaban J connectivity index is 1.29. The van der Waals surface area contributed by atoms with Crippen molar-refractivity contribution in [1.29, 1.82) is 0 Å². The molecule has 0 amide bonds. The average Bonchev–Trinajstić information content (AvgIpc) is 3.48. The Bertz CT molecular complexity index is 1730. The number of aromatic nitrogens is 3. The topological polar surface area (TPSA) is 98.9 Å². The molecule has 12 heteroatoms. The maximum atomic E-state index is 14.4.